The van der Waals surface area contributed by atoms with Crippen LogP contribution in [-0.4, -0.2) is 24.6 Å². The Morgan fingerprint density at radius 2 is 1.61 bits per heavy atom. The zero-order valence-corrected chi connectivity index (χ0v) is 14.2. The number of benzene rings is 1. The van der Waals surface area contributed by atoms with Gasteiger partial charge in [-0.3, -0.25) is 0 Å². The molecular weight excluding hydrogens is 292 g/mol. The molecule has 1 fully saturated rings. The third-order valence-corrected chi connectivity index (χ3v) is 4.27. The van der Waals surface area contributed by atoms with Crippen LogP contribution >= 0.6 is 0 Å². The van der Waals surface area contributed by atoms with Gasteiger partial charge in [0.2, 0.25) is 0 Å². The molecule has 23 heavy (non-hydrogen) atoms. The summed E-state index contributed by atoms with van der Waals surface area (Å²) in [6.07, 6.45) is 4.48. The molecule has 0 bridgehead atoms. The van der Waals surface area contributed by atoms with Crippen LogP contribution in [0.2, 0.25) is 0 Å². The van der Waals surface area contributed by atoms with E-state index in [1.807, 2.05) is 20.8 Å². The van der Waals surface area contributed by atoms with Crippen molar-refractivity contribution in [2.24, 2.45) is 11.8 Å². The highest BCUT2D eigenvalue weighted by molar-refractivity contribution is 6.03. The van der Waals surface area contributed by atoms with Gasteiger partial charge in [-0.2, -0.15) is 0 Å². The van der Waals surface area contributed by atoms with Crippen molar-refractivity contribution >= 4 is 11.9 Å². The summed E-state index contributed by atoms with van der Waals surface area (Å²) in [4.78, 5) is 24.6. The first-order chi connectivity index (χ1) is 11.0. The van der Waals surface area contributed by atoms with Crippen LogP contribution in [0.5, 0.6) is 0 Å². The van der Waals surface area contributed by atoms with Crippen molar-refractivity contribution in [3.63, 3.8) is 0 Å². The molecule has 1 aliphatic rings. The summed E-state index contributed by atoms with van der Waals surface area (Å²) in [5, 5.41) is 0. The Labute approximate surface area is 138 Å². The summed E-state index contributed by atoms with van der Waals surface area (Å²) in [6, 6.07) is 6.69. The third-order valence-electron chi connectivity index (χ3n) is 4.27. The molecule has 0 spiro atoms. The number of ether oxygens (including phenoxy) is 2. The Kier molecular flexibility index (Phi) is 6.20. The second-order valence-corrected chi connectivity index (χ2v) is 6.69. The Morgan fingerprint density at radius 3 is 2.17 bits per heavy atom. The fourth-order valence-corrected chi connectivity index (χ4v) is 2.91. The summed E-state index contributed by atoms with van der Waals surface area (Å²) < 4.78 is 10.8. The normalized spacial score (nSPS) is 16.3. The van der Waals surface area contributed by atoms with Crippen molar-refractivity contribution in [3.05, 3.63) is 35.4 Å². The van der Waals surface area contributed by atoms with E-state index in [0.29, 0.717) is 12.5 Å². The Balaban J connectivity index is 2.06. The number of hydrogen-bond acceptors (Lipinski definition) is 4. The maximum absolute atomic E-state index is 12.4. The molecule has 1 aromatic rings. The summed E-state index contributed by atoms with van der Waals surface area (Å²) in [6.45, 7) is 6.21. The minimum Gasteiger partial charge on any atom is -0.462 e. The maximum atomic E-state index is 12.4. The average Bonchev–Trinajstić information content (AvgIpc) is 3.07. The SMILES string of the molecule is CC(C)COC(=O)c1ccccc1C(=O)OC(C)C1CCCC1. The van der Waals surface area contributed by atoms with Gasteiger partial charge in [0, 0.05) is 0 Å². The van der Waals surface area contributed by atoms with Crippen molar-refractivity contribution in [3.8, 4) is 0 Å². The molecule has 1 unspecified atom stereocenters. The van der Waals surface area contributed by atoms with Gasteiger partial charge in [0.15, 0.2) is 0 Å². The van der Waals surface area contributed by atoms with Gasteiger partial charge in [-0.25, -0.2) is 9.59 Å². The number of rotatable bonds is 6. The summed E-state index contributed by atoms with van der Waals surface area (Å²) in [5.41, 5.74) is 0.558. The maximum Gasteiger partial charge on any atom is 0.339 e. The number of carbonyl (C=O) groups excluding carboxylic acids is 2. The van der Waals surface area contributed by atoms with Crippen molar-refractivity contribution in [2.45, 2.75) is 52.6 Å². The Bertz CT molecular complexity index is 544. The summed E-state index contributed by atoms with van der Waals surface area (Å²) in [5.74, 6) is -0.235. The van der Waals surface area contributed by atoms with Crippen LogP contribution in [0.25, 0.3) is 0 Å². The standard InChI is InChI=1S/C19H26O4/c1-13(2)12-22-18(20)16-10-6-7-11-17(16)19(21)23-14(3)15-8-4-5-9-15/h6-7,10-11,13-15H,4-5,8-9,12H2,1-3H3. The molecular formula is C19H26O4. The molecule has 0 heterocycles. The molecule has 1 aromatic carbocycles. The molecule has 4 heteroatoms. The van der Waals surface area contributed by atoms with Gasteiger partial charge >= 0.3 is 11.9 Å². The van der Waals surface area contributed by atoms with E-state index in [0.717, 1.165) is 12.8 Å². The van der Waals surface area contributed by atoms with E-state index in [1.165, 1.54) is 12.8 Å². The highest BCUT2D eigenvalue weighted by atomic mass is 16.5. The number of hydrogen-bond donors (Lipinski definition) is 0. The molecule has 0 radical (unpaired) electrons. The molecule has 0 amide bonds. The zero-order chi connectivity index (χ0) is 16.8. The summed E-state index contributed by atoms with van der Waals surface area (Å²) in [7, 11) is 0. The second-order valence-electron chi connectivity index (χ2n) is 6.69. The predicted octanol–water partition coefficient (Wildman–Crippen LogP) is 4.23. The van der Waals surface area contributed by atoms with Crippen LogP contribution in [0.4, 0.5) is 0 Å². The van der Waals surface area contributed by atoms with E-state index in [4.69, 9.17) is 9.47 Å². The molecule has 2 rings (SSSR count). The van der Waals surface area contributed by atoms with Gasteiger partial charge in [-0.05, 0) is 43.7 Å². The minimum absolute atomic E-state index is 0.121. The van der Waals surface area contributed by atoms with Crippen LogP contribution < -0.4 is 0 Å². The lowest BCUT2D eigenvalue weighted by atomic mass is 10.0. The van der Waals surface area contributed by atoms with Crippen LogP contribution in [0.15, 0.2) is 24.3 Å². The fourth-order valence-electron chi connectivity index (χ4n) is 2.91. The second kappa shape index (κ2) is 8.14. The van der Waals surface area contributed by atoms with Crippen LogP contribution in [0.1, 0.15) is 67.2 Å². The molecule has 1 aliphatic carbocycles. The van der Waals surface area contributed by atoms with E-state index < -0.39 is 11.9 Å². The smallest absolute Gasteiger partial charge is 0.339 e. The highest BCUT2D eigenvalue weighted by Crippen LogP contribution is 2.29. The van der Waals surface area contributed by atoms with E-state index >= 15 is 0 Å². The zero-order valence-electron chi connectivity index (χ0n) is 14.2. The summed E-state index contributed by atoms with van der Waals surface area (Å²) >= 11 is 0. The van der Waals surface area contributed by atoms with E-state index in [9.17, 15) is 9.59 Å². The van der Waals surface area contributed by atoms with Gasteiger partial charge in [0.1, 0.15) is 6.10 Å². The lowest BCUT2D eigenvalue weighted by Crippen LogP contribution is -2.24. The Morgan fingerprint density at radius 1 is 1.04 bits per heavy atom. The van der Waals surface area contributed by atoms with E-state index in [2.05, 4.69) is 0 Å². The van der Waals surface area contributed by atoms with Crippen molar-refractivity contribution in [2.75, 3.05) is 6.61 Å². The molecule has 4 nitrogen and oxygen atoms in total. The third kappa shape index (κ3) is 4.81. The minimum atomic E-state index is -0.472. The Hall–Kier alpha value is -1.84. The molecule has 0 N–H and O–H groups in total. The number of esters is 2. The number of carbonyl (C=O) groups is 2. The van der Waals surface area contributed by atoms with Gasteiger partial charge in [-0.15, -0.1) is 0 Å². The molecule has 0 aromatic heterocycles. The first kappa shape index (κ1) is 17.5. The highest BCUT2D eigenvalue weighted by Gasteiger charge is 2.26. The first-order valence-electron chi connectivity index (χ1n) is 8.46. The van der Waals surface area contributed by atoms with Crippen molar-refractivity contribution < 1.29 is 19.1 Å². The molecule has 1 atom stereocenters. The van der Waals surface area contributed by atoms with Gasteiger partial charge in [-0.1, -0.05) is 38.8 Å². The van der Waals surface area contributed by atoms with Gasteiger partial charge < -0.3 is 9.47 Å². The topological polar surface area (TPSA) is 52.6 Å². The van der Waals surface area contributed by atoms with E-state index in [1.54, 1.807) is 24.3 Å². The van der Waals surface area contributed by atoms with Gasteiger partial charge in [0.05, 0.1) is 17.7 Å². The molecule has 126 valence electrons. The first-order valence-corrected chi connectivity index (χ1v) is 8.46. The predicted molar refractivity (Wildman–Crippen MR) is 88.4 cm³/mol. The largest absolute Gasteiger partial charge is 0.462 e. The van der Waals surface area contributed by atoms with Crippen molar-refractivity contribution in [1.82, 2.24) is 0 Å². The van der Waals surface area contributed by atoms with Crippen LogP contribution in [0, 0.1) is 11.8 Å². The lowest BCUT2D eigenvalue weighted by Gasteiger charge is -2.20. The fraction of sp³-hybridized carbons (Fsp3) is 0.579. The quantitative estimate of drug-likeness (QED) is 0.736. The van der Waals surface area contributed by atoms with E-state index in [-0.39, 0.29) is 23.1 Å². The average molecular weight is 318 g/mol. The van der Waals surface area contributed by atoms with Crippen LogP contribution in [-0.2, 0) is 9.47 Å². The lowest BCUT2D eigenvalue weighted by molar-refractivity contribution is 0.0195. The molecule has 0 saturated heterocycles. The molecule has 0 aliphatic heterocycles. The monoisotopic (exact) mass is 318 g/mol. The molecule has 1 saturated carbocycles. The van der Waals surface area contributed by atoms with Gasteiger partial charge in [0.25, 0.3) is 0 Å². The van der Waals surface area contributed by atoms with Crippen molar-refractivity contribution in [1.29, 1.82) is 0 Å². The van der Waals surface area contributed by atoms with Crippen LogP contribution in [0.3, 0.4) is 0 Å².